The van der Waals surface area contributed by atoms with Crippen LogP contribution in [0.3, 0.4) is 0 Å². The third kappa shape index (κ3) is 5.60. The monoisotopic (exact) mass is 382 g/mol. The van der Waals surface area contributed by atoms with Crippen molar-refractivity contribution >= 4 is 23.4 Å². The second-order valence-corrected chi connectivity index (χ2v) is 8.96. The molecule has 0 aliphatic carbocycles. The van der Waals surface area contributed by atoms with Crippen LogP contribution < -0.4 is 5.32 Å². The first-order valence-electron chi connectivity index (χ1n) is 9.95. The van der Waals surface area contributed by atoms with Gasteiger partial charge in [0.15, 0.2) is 0 Å². The van der Waals surface area contributed by atoms with Gasteiger partial charge in [0, 0.05) is 27.9 Å². The zero-order valence-electron chi connectivity index (χ0n) is 16.6. The number of carbonyl (C=O) groups is 1. The van der Waals surface area contributed by atoms with Crippen molar-refractivity contribution in [1.29, 1.82) is 0 Å². The Morgan fingerprint density at radius 1 is 1.19 bits per heavy atom. The van der Waals surface area contributed by atoms with E-state index in [1.165, 1.54) is 23.3 Å². The molecule has 1 atom stereocenters. The average molecular weight is 383 g/mol. The number of carbonyl (C=O) groups excluding carboxylic acids is 1. The summed E-state index contributed by atoms with van der Waals surface area (Å²) in [7, 11) is 0. The fourth-order valence-corrected chi connectivity index (χ4v) is 4.39. The molecule has 1 saturated heterocycles. The van der Waals surface area contributed by atoms with E-state index in [1.54, 1.807) is 0 Å². The van der Waals surface area contributed by atoms with E-state index in [-0.39, 0.29) is 5.91 Å². The molecule has 1 fully saturated rings. The van der Waals surface area contributed by atoms with Crippen LogP contribution in [0.4, 0.5) is 5.69 Å². The van der Waals surface area contributed by atoms with Gasteiger partial charge in [0.2, 0.25) is 0 Å². The van der Waals surface area contributed by atoms with E-state index >= 15 is 0 Å². The average Bonchev–Trinajstić information content (AvgIpc) is 3.17. The van der Waals surface area contributed by atoms with Crippen LogP contribution in [0.1, 0.15) is 54.6 Å². The summed E-state index contributed by atoms with van der Waals surface area (Å²) < 4.78 is 0. The second-order valence-electron chi connectivity index (χ2n) is 7.45. The lowest BCUT2D eigenvalue weighted by Gasteiger charge is -2.15. The number of nitrogens with one attached hydrogen (secondary N) is 1. The molecule has 1 N–H and O–H groups in total. The largest absolute Gasteiger partial charge is 0.322 e. The number of rotatable bonds is 7. The van der Waals surface area contributed by atoms with Gasteiger partial charge in [-0.1, -0.05) is 26.0 Å². The molecule has 27 heavy (non-hydrogen) atoms. The van der Waals surface area contributed by atoms with Gasteiger partial charge in [-0.3, -0.25) is 9.69 Å². The summed E-state index contributed by atoms with van der Waals surface area (Å²) in [6.07, 6.45) is 3.71. The minimum atomic E-state index is -0.0382. The van der Waals surface area contributed by atoms with Crippen molar-refractivity contribution in [3.05, 3.63) is 59.2 Å². The van der Waals surface area contributed by atoms with Gasteiger partial charge in [-0.25, -0.2) is 0 Å². The number of amides is 1. The van der Waals surface area contributed by atoms with E-state index in [4.69, 9.17) is 0 Å². The van der Waals surface area contributed by atoms with E-state index in [0.29, 0.717) is 5.25 Å². The third-order valence-corrected chi connectivity index (χ3v) is 6.41. The first-order valence-corrected chi connectivity index (χ1v) is 10.8. The molecule has 1 aliphatic heterocycles. The SMILES string of the molecule is CCC(C)Sc1ccc(NC(=O)c2cccc(CN3CCCC3)c2)c(C)c1. The Labute approximate surface area is 167 Å². The first-order chi connectivity index (χ1) is 13.0. The normalized spacial score (nSPS) is 15.7. The van der Waals surface area contributed by atoms with Gasteiger partial charge in [-0.05, 0) is 80.7 Å². The van der Waals surface area contributed by atoms with Crippen molar-refractivity contribution in [2.75, 3.05) is 18.4 Å². The summed E-state index contributed by atoms with van der Waals surface area (Å²) in [5, 5.41) is 3.68. The highest BCUT2D eigenvalue weighted by Crippen LogP contribution is 2.28. The molecule has 1 heterocycles. The fourth-order valence-electron chi connectivity index (χ4n) is 3.37. The van der Waals surface area contributed by atoms with E-state index in [9.17, 15) is 4.79 Å². The zero-order chi connectivity index (χ0) is 19.2. The van der Waals surface area contributed by atoms with Crippen molar-refractivity contribution in [3.63, 3.8) is 0 Å². The standard InChI is InChI=1S/C23H30N2OS/c1-4-18(3)27-21-10-11-22(17(2)14-21)24-23(26)20-9-7-8-19(15-20)16-25-12-5-6-13-25/h7-11,14-15,18H,4-6,12-13,16H2,1-3H3,(H,24,26). The van der Waals surface area contributed by atoms with Crippen molar-refractivity contribution in [1.82, 2.24) is 4.90 Å². The summed E-state index contributed by atoms with van der Waals surface area (Å²) in [6.45, 7) is 9.76. The molecule has 1 unspecified atom stereocenters. The number of thioether (sulfide) groups is 1. The molecule has 0 aromatic heterocycles. The maximum atomic E-state index is 12.7. The minimum absolute atomic E-state index is 0.0382. The van der Waals surface area contributed by atoms with E-state index in [1.807, 2.05) is 36.0 Å². The topological polar surface area (TPSA) is 32.3 Å². The fraction of sp³-hybridized carbons (Fsp3) is 0.435. The number of likely N-dealkylation sites (tertiary alicyclic amines) is 1. The second kappa shape index (κ2) is 9.43. The number of anilines is 1. The van der Waals surface area contributed by atoms with Crippen molar-refractivity contribution in [2.45, 2.75) is 56.7 Å². The molecule has 0 saturated carbocycles. The van der Waals surface area contributed by atoms with Crippen LogP contribution in [0.25, 0.3) is 0 Å². The van der Waals surface area contributed by atoms with Crippen LogP contribution in [-0.2, 0) is 6.54 Å². The van der Waals surface area contributed by atoms with E-state index in [2.05, 4.69) is 49.2 Å². The van der Waals surface area contributed by atoms with Gasteiger partial charge < -0.3 is 5.32 Å². The van der Waals surface area contributed by atoms with Crippen LogP contribution in [0.2, 0.25) is 0 Å². The zero-order valence-corrected chi connectivity index (χ0v) is 17.4. The first kappa shape index (κ1) is 20.0. The highest BCUT2D eigenvalue weighted by Gasteiger charge is 2.14. The third-order valence-electron chi connectivity index (χ3n) is 5.15. The Hall–Kier alpha value is -1.78. The molecule has 1 amide bonds. The highest BCUT2D eigenvalue weighted by atomic mass is 32.2. The van der Waals surface area contributed by atoms with Gasteiger partial charge in [-0.2, -0.15) is 0 Å². The quantitative estimate of drug-likeness (QED) is 0.620. The summed E-state index contributed by atoms with van der Waals surface area (Å²) >= 11 is 1.88. The molecule has 2 aromatic carbocycles. The number of benzene rings is 2. The molecular formula is C23H30N2OS. The summed E-state index contributed by atoms with van der Waals surface area (Å²) in [4.78, 5) is 16.4. The molecule has 0 bridgehead atoms. The van der Waals surface area contributed by atoms with Crippen LogP contribution >= 0.6 is 11.8 Å². The smallest absolute Gasteiger partial charge is 0.255 e. The Bertz CT molecular complexity index is 784. The molecule has 144 valence electrons. The minimum Gasteiger partial charge on any atom is -0.322 e. The Morgan fingerprint density at radius 3 is 2.67 bits per heavy atom. The molecule has 0 radical (unpaired) electrons. The van der Waals surface area contributed by atoms with Crippen LogP contribution in [0.5, 0.6) is 0 Å². The summed E-state index contributed by atoms with van der Waals surface area (Å²) in [5.41, 5.74) is 3.93. The van der Waals surface area contributed by atoms with Crippen LogP contribution in [0.15, 0.2) is 47.4 Å². The lowest BCUT2D eigenvalue weighted by Crippen LogP contribution is -2.19. The molecule has 3 rings (SSSR count). The highest BCUT2D eigenvalue weighted by molar-refractivity contribution is 7.99. The number of hydrogen-bond donors (Lipinski definition) is 1. The lowest BCUT2D eigenvalue weighted by atomic mass is 10.1. The summed E-state index contributed by atoms with van der Waals surface area (Å²) in [6, 6.07) is 14.3. The Balaban J connectivity index is 1.66. The van der Waals surface area contributed by atoms with Gasteiger partial charge >= 0.3 is 0 Å². The summed E-state index contributed by atoms with van der Waals surface area (Å²) in [5.74, 6) is -0.0382. The van der Waals surface area contributed by atoms with Crippen molar-refractivity contribution in [2.24, 2.45) is 0 Å². The molecule has 3 nitrogen and oxygen atoms in total. The maximum absolute atomic E-state index is 12.7. The van der Waals surface area contributed by atoms with Crippen LogP contribution in [0, 0.1) is 6.92 Å². The van der Waals surface area contributed by atoms with Crippen molar-refractivity contribution < 1.29 is 4.79 Å². The molecule has 1 aliphatic rings. The number of aryl methyl sites for hydroxylation is 1. The predicted molar refractivity (Wildman–Crippen MR) is 116 cm³/mol. The number of hydrogen-bond acceptors (Lipinski definition) is 3. The lowest BCUT2D eigenvalue weighted by molar-refractivity contribution is 0.102. The Kier molecular flexibility index (Phi) is 6.97. The van der Waals surface area contributed by atoms with Gasteiger partial charge in [0.05, 0.1) is 0 Å². The number of nitrogens with zero attached hydrogens (tertiary/aromatic N) is 1. The molecule has 0 spiro atoms. The molecule has 2 aromatic rings. The Morgan fingerprint density at radius 2 is 1.96 bits per heavy atom. The predicted octanol–water partition coefficient (Wildman–Crippen LogP) is 5.73. The molecular weight excluding hydrogens is 352 g/mol. The van der Waals surface area contributed by atoms with Gasteiger partial charge in [0.25, 0.3) is 5.91 Å². The van der Waals surface area contributed by atoms with E-state index < -0.39 is 0 Å². The maximum Gasteiger partial charge on any atom is 0.255 e. The van der Waals surface area contributed by atoms with Gasteiger partial charge in [-0.15, -0.1) is 11.8 Å². The van der Waals surface area contributed by atoms with E-state index in [0.717, 1.165) is 42.9 Å². The van der Waals surface area contributed by atoms with Gasteiger partial charge in [0.1, 0.15) is 0 Å². The molecule has 4 heteroatoms. The van der Waals surface area contributed by atoms with Crippen LogP contribution in [-0.4, -0.2) is 29.1 Å². The van der Waals surface area contributed by atoms with Crippen molar-refractivity contribution in [3.8, 4) is 0 Å².